The van der Waals surface area contributed by atoms with Crippen molar-refractivity contribution in [2.45, 2.75) is 38.1 Å². The smallest absolute Gasteiger partial charge is 0.303 e. The van der Waals surface area contributed by atoms with Crippen LogP contribution in [0, 0.1) is 0 Å². The lowest BCUT2D eigenvalue weighted by Crippen LogP contribution is -2.30. The summed E-state index contributed by atoms with van der Waals surface area (Å²) in [6.45, 7) is 4.24. The van der Waals surface area contributed by atoms with Gasteiger partial charge in [-0.3, -0.25) is 4.79 Å². The molecule has 2 rings (SSSR count). The number of nitrogens with zero attached hydrogens (tertiary/aromatic N) is 1. The Morgan fingerprint density at radius 1 is 1.39 bits per heavy atom. The summed E-state index contributed by atoms with van der Waals surface area (Å²) in [5.41, 5.74) is 1.41. The zero-order chi connectivity index (χ0) is 13.0. The summed E-state index contributed by atoms with van der Waals surface area (Å²) in [6, 6.07) is 11.1. The maximum Gasteiger partial charge on any atom is 0.303 e. The highest BCUT2D eigenvalue weighted by Gasteiger charge is 2.30. The standard InChI is InChI=1S/C15H21NO2/c1-12-14(13-6-3-2-4-7-13)9-11-16(12)10-5-8-15(17)18/h2-4,6-7,12,14H,5,8-11H2,1H3,(H,17,18)/t12-,14+/m1/s1. The van der Waals surface area contributed by atoms with Gasteiger partial charge in [-0.15, -0.1) is 0 Å². The second-order valence-corrected chi connectivity index (χ2v) is 5.08. The Hall–Kier alpha value is -1.35. The highest BCUT2D eigenvalue weighted by molar-refractivity contribution is 5.66. The molecular weight excluding hydrogens is 226 g/mol. The van der Waals surface area contributed by atoms with Crippen LogP contribution in [0.3, 0.4) is 0 Å². The van der Waals surface area contributed by atoms with E-state index >= 15 is 0 Å². The van der Waals surface area contributed by atoms with Gasteiger partial charge in [-0.25, -0.2) is 0 Å². The zero-order valence-electron chi connectivity index (χ0n) is 10.9. The van der Waals surface area contributed by atoms with Crippen molar-refractivity contribution >= 4 is 5.97 Å². The van der Waals surface area contributed by atoms with Crippen molar-refractivity contribution in [3.8, 4) is 0 Å². The van der Waals surface area contributed by atoms with Crippen LogP contribution < -0.4 is 0 Å². The van der Waals surface area contributed by atoms with Gasteiger partial charge in [0.25, 0.3) is 0 Å². The lowest BCUT2D eigenvalue weighted by atomic mass is 9.93. The normalized spacial score (nSPS) is 24.3. The first-order valence-corrected chi connectivity index (χ1v) is 6.69. The molecule has 0 saturated carbocycles. The lowest BCUT2D eigenvalue weighted by Gasteiger charge is -2.24. The van der Waals surface area contributed by atoms with E-state index in [0.29, 0.717) is 12.0 Å². The maximum atomic E-state index is 10.5. The fraction of sp³-hybridized carbons (Fsp3) is 0.533. The van der Waals surface area contributed by atoms with E-state index in [1.807, 2.05) is 6.07 Å². The van der Waals surface area contributed by atoms with Gasteiger partial charge < -0.3 is 10.0 Å². The maximum absolute atomic E-state index is 10.5. The molecule has 0 unspecified atom stereocenters. The SMILES string of the molecule is C[C@@H]1[C@@H](c2ccccc2)CCN1CCCC(=O)O. The highest BCUT2D eigenvalue weighted by atomic mass is 16.4. The van der Waals surface area contributed by atoms with Gasteiger partial charge in [0.05, 0.1) is 0 Å². The molecular formula is C15H21NO2. The Morgan fingerprint density at radius 3 is 2.78 bits per heavy atom. The first-order valence-electron chi connectivity index (χ1n) is 6.69. The summed E-state index contributed by atoms with van der Waals surface area (Å²) in [4.78, 5) is 12.9. The average Bonchev–Trinajstić information content (AvgIpc) is 2.72. The van der Waals surface area contributed by atoms with Gasteiger partial charge in [-0.1, -0.05) is 30.3 Å². The van der Waals surface area contributed by atoms with E-state index in [-0.39, 0.29) is 6.42 Å². The molecule has 0 aliphatic carbocycles. The van der Waals surface area contributed by atoms with Gasteiger partial charge in [0.1, 0.15) is 0 Å². The number of hydrogen-bond donors (Lipinski definition) is 1. The molecule has 0 radical (unpaired) electrons. The lowest BCUT2D eigenvalue weighted by molar-refractivity contribution is -0.137. The molecule has 0 spiro atoms. The fourth-order valence-corrected chi connectivity index (χ4v) is 2.90. The Labute approximate surface area is 108 Å². The summed E-state index contributed by atoms with van der Waals surface area (Å²) in [5.74, 6) is -0.0995. The van der Waals surface area contributed by atoms with Crippen LogP contribution in [0.15, 0.2) is 30.3 Å². The number of hydrogen-bond acceptors (Lipinski definition) is 2. The topological polar surface area (TPSA) is 40.5 Å². The van der Waals surface area contributed by atoms with Crippen LogP contribution in [0.4, 0.5) is 0 Å². The predicted octanol–water partition coefficient (Wildman–Crippen LogP) is 2.73. The minimum absolute atomic E-state index is 0.277. The predicted molar refractivity (Wildman–Crippen MR) is 71.7 cm³/mol. The molecule has 1 aromatic carbocycles. The summed E-state index contributed by atoms with van der Waals surface area (Å²) in [6.07, 6.45) is 2.21. The molecule has 98 valence electrons. The number of likely N-dealkylation sites (tertiary alicyclic amines) is 1. The van der Waals surface area contributed by atoms with Gasteiger partial charge in [0.2, 0.25) is 0 Å². The molecule has 1 saturated heterocycles. The second kappa shape index (κ2) is 6.01. The van der Waals surface area contributed by atoms with Crippen LogP contribution in [0.1, 0.15) is 37.7 Å². The first kappa shape index (κ1) is 13.1. The van der Waals surface area contributed by atoms with Crippen molar-refractivity contribution in [3.05, 3.63) is 35.9 Å². The van der Waals surface area contributed by atoms with Crippen LogP contribution >= 0.6 is 0 Å². The van der Waals surface area contributed by atoms with E-state index in [1.165, 1.54) is 12.0 Å². The number of aliphatic carboxylic acids is 1. The van der Waals surface area contributed by atoms with Crippen molar-refractivity contribution in [1.82, 2.24) is 4.90 Å². The van der Waals surface area contributed by atoms with E-state index in [4.69, 9.17) is 5.11 Å². The average molecular weight is 247 g/mol. The molecule has 1 N–H and O–H groups in total. The van der Waals surface area contributed by atoms with E-state index in [9.17, 15) is 4.79 Å². The monoisotopic (exact) mass is 247 g/mol. The number of rotatable bonds is 5. The Morgan fingerprint density at radius 2 is 2.11 bits per heavy atom. The molecule has 3 heteroatoms. The summed E-state index contributed by atoms with van der Waals surface area (Å²) >= 11 is 0. The largest absolute Gasteiger partial charge is 0.481 e. The third-order valence-corrected chi connectivity index (χ3v) is 3.95. The fourth-order valence-electron chi connectivity index (χ4n) is 2.90. The van der Waals surface area contributed by atoms with Crippen LogP contribution in [-0.2, 0) is 4.79 Å². The van der Waals surface area contributed by atoms with Gasteiger partial charge in [-0.2, -0.15) is 0 Å². The highest BCUT2D eigenvalue weighted by Crippen LogP contribution is 2.33. The van der Waals surface area contributed by atoms with E-state index in [1.54, 1.807) is 0 Å². The quantitative estimate of drug-likeness (QED) is 0.869. The van der Waals surface area contributed by atoms with Crippen LogP contribution in [0.5, 0.6) is 0 Å². The number of carbonyl (C=O) groups is 1. The molecule has 1 aliphatic heterocycles. The van der Waals surface area contributed by atoms with Crippen molar-refractivity contribution < 1.29 is 9.90 Å². The van der Waals surface area contributed by atoms with E-state index in [0.717, 1.165) is 19.5 Å². The molecule has 1 aliphatic rings. The summed E-state index contributed by atoms with van der Waals surface area (Å²) in [5, 5.41) is 8.66. The third kappa shape index (κ3) is 3.10. The van der Waals surface area contributed by atoms with Gasteiger partial charge >= 0.3 is 5.97 Å². The van der Waals surface area contributed by atoms with E-state index < -0.39 is 5.97 Å². The van der Waals surface area contributed by atoms with Crippen molar-refractivity contribution in [3.63, 3.8) is 0 Å². The minimum atomic E-state index is -0.693. The van der Waals surface area contributed by atoms with E-state index in [2.05, 4.69) is 36.1 Å². The Balaban J connectivity index is 1.89. The molecule has 0 amide bonds. The number of carboxylic acids is 1. The minimum Gasteiger partial charge on any atom is -0.481 e. The Bertz CT molecular complexity index is 391. The van der Waals surface area contributed by atoms with Gasteiger partial charge in [0, 0.05) is 18.4 Å². The molecule has 0 bridgehead atoms. The molecule has 1 aromatic rings. The Kier molecular flexibility index (Phi) is 4.37. The summed E-state index contributed by atoms with van der Waals surface area (Å²) < 4.78 is 0. The molecule has 18 heavy (non-hydrogen) atoms. The molecule has 2 atom stereocenters. The van der Waals surface area contributed by atoms with Crippen LogP contribution in [-0.4, -0.2) is 35.1 Å². The molecule has 1 heterocycles. The van der Waals surface area contributed by atoms with Crippen molar-refractivity contribution in [2.24, 2.45) is 0 Å². The molecule has 1 fully saturated rings. The number of carboxylic acid groups (broad SMARTS) is 1. The van der Waals surface area contributed by atoms with Gasteiger partial charge in [-0.05, 0) is 38.4 Å². The zero-order valence-corrected chi connectivity index (χ0v) is 10.9. The second-order valence-electron chi connectivity index (χ2n) is 5.08. The summed E-state index contributed by atoms with van der Waals surface area (Å²) in [7, 11) is 0. The van der Waals surface area contributed by atoms with Crippen LogP contribution in [0.2, 0.25) is 0 Å². The number of benzene rings is 1. The third-order valence-electron chi connectivity index (χ3n) is 3.95. The van der Waals surface area contributed by atoms with Crippen LogP contribution in [0.25, 0.3) is 0 Å². The molecule has 3 nitrogen and oxygen atoms in total. The first-order chi connectivity index (χ1) is 8.68. The van der Waals surface area contributed by atoms with Crippen molar-refractivity contribution in [1.29, 1.82) is 0 Å². The van der Waals surface area contributed by atoms with Gasteiger partial charge in [0.15, 0.2) is 0 Å². The molecule has 0 aromatic heterocycles. The van der Waals surface area contributed by atoms with Crippen molar-refractivity contribution in [2.75, 3.05) is 13.1 Å².